The number of hydrogen-bond donors (Lipinski definition) is 0. The molecule has 166 valence electrons. The summed E-state index contributed by atoms with van der Waals surface area (Å²) in [5.74, 6) is -1.35. The number of benzene rings is 1. The lowest BCUT2D eigenvalue weighted by Gasteiger charge is -2.09. The Bertz CT molecular complexity index is 1100. The Balaban J connectivity index is 1.76. The van der Waals surface area contributed by atoms with Gasteiger partial charge in [-0.3, -0.25) is 4.79 Å². The highest BCUT2D eigenvalue weighted by atomic mass is 32.1. The van der Waals surface area contributed by atoms with Crippen LogP contribution in [-0.2, 0) is 27.4 Å². The van der Waals surface area contributed by atoms with Crippen molar-refractivity contribution in [3.8, 4) is 0 Å². The second kappa shape index (κ2) is 10.2. The number of aromatic nitrogens is 1. The molecule has 8 heteroatoms. The quantitative estimate of drug-likeness (QED) is 0.256. The highest BCUT2D eigenvalue weighted by molar-refractivity contribution is 7.21. The van der Waals surface area contributed by atoms with E-state index >= 15 is 0 Å². The molecule has 3 aromatic rings. The Morgan fingerprint density at radius 1 is 1.16 bits per heavy atom. The number of Topliss-reactive ketones (excluding diaryl/α,β-unsaturated/α-hetero) is 1. The SMILES string of the molecule is COCCCn1c(C)cc(C(=O)COC(=O)c2sc3cccc(F)c3c2COC)c1C. The number of fused-ring (bicyclic) bond motifs is 1. The molecule has 0 atom stereocenters. The molecule has 2 heterocycles. The second-order valence-corrected chi connectivity index (χ2v) is 8.29. The van der Waals surface area contributed by atoms with E-state index in [2.05, 4.69) is 4.57 Å². The molecule has 1 aromatic carbocycles. The molecular weight excluding hydrogens is 421 g/mol. The van der Waals surface area contributed by atoms with Gasteiger partial charge in [-0.15, -0.1) is 11.3 Å². The molecule has 0 aliphatic carbocycles. The first-order chi connectivity index (χ1) is 14.9. The van der Waals surface area contributed by atoms with E-state index in [4.69, 9.17) is 14.2 Å². The van der Waals surface area contributed by atoms with Crippen LogP contribution in [0.15, 0.2) is 24.3 Å². The normalized spacial score (nSPS) is 11.3. The van der Waals surface area contributed by atoms with Crippen LogP contribution in [0.25, 0.3) is 10.1 Å². The van der Waals surface area contributed by atoms with Gasteiger partial charge in [0.2, 0.25) is 5.78 Å². The Labute approximate surface area is 184 Å². The summed E-state index contributed by atoms with van der Waals surface area (Å²) >= 11 is 1.13. The van der Waals surface area contributed by atoms with Crippen LogP contribution in [0.4, 0.5) is 4.39 Å². The zero-order valence-corrected chi connectivity index (χ0v) is 18.9. The second-order valence-electron chi connectivity index (χ2n) is 7.24. The van der Waals surface area contributed by atoms with E-state index in [9.17, 15) is 14.0 Å². The van der Waals surface area contributed by atoms with Crippen molar-refractivity contribution < 1.29 is 28.2 Å². The number of aryl methyl sites for hydroxylation is 1. The Hall–Kier alpha value is -2.55. The molecule has 2 aromatic heterocycles. The molecule has 0 amide bonds. The molecule has 0 unspecified atom stereocenters. The predicted octanol–water partition coefficient (Wildman–Crippen LogP) is 4.68. The summed E-state index contributed by atoms with van der Waals surface area (Å²) in [5.41, 5.74) is 2.76. The lowest BCUT2D eigenvalue weighted by atomic mass is 10.1. The van der Waals surface area contributed by atoms with Gasteiger partial charge in [-0.25, -0.2) is 9.18 Å². The molecular formula is C23H26FNO5S. The van der Waals surface area contributed by atoms with E-state index in [0.29, 0.717) is 27.8 Å². The van der Waals surface area contributed by atoms with Gasteiger partial charge in [0.1, 0.15) is 10.7 Å². The molecule has 0 aliphatic rings. The van der Waals surface area contributed by atoms with Crippen LogP contribution < -0.4 is 0 Å². The predicted molar refractivity (Wildman–Crippen MR) is 118 cm³/mol. The van der Waals surface area contributed by atoms with Gasteiger partial charge in [-0.2, -0.15) is 0 Å². The number of ketones is 1. The number of ether oxygens (including phenoxy) is 3. The molecule has 0 N–H and O–H groups in total. The summed E-state index contributed by atoms with van der Waals surface area (Å²) in [6.07, 6.45) is 0.834. The Kier molecular flexibility index (Phi) is 7.59. The fourth-order valence-electron chi connectivity index (χ4n) is 3.68. The highest BCUT2D eigenvalue weighted by Crippen LogP contribution is 2.34. The molecule has 0 bridgehead atoms. The van der Waals surface area contributed by atoms with Crippen LogP contribution in [0, 0.1) is 19.7 Å². The van der Waals surface area contributed by atoms with Gasteiger partial charge in [0.05, 0.1) is 6.61 Å². The number of halogens is 1. The van der Waals surface area contributed by atoms with Crippen LogP contribution in [0.1, 0.15) is 43.4 Å². The van der Waals surface area contributed by atoms with E-state index in [1.807, 2.05) is 19.9 Å². The maximum absolute atomic E-state index is 14.3. The maximum Gasteiger partial charge on any atom is 0.349 e. The van der Waals surface area contributed by atoms with Crippen molar-refractivity contribution in [2.45, 2.75) is 33.4 Å². The lowest BCUT2D eigenvalue weighted by molar-refractivity contribution is 0.0476. The van der Waals surface area contributed by atoms with Crippen molar-refractivity contribution >= 4 is 33.2 Å². The lowest BCUT2D eigenvalue weighted by Crippen LogP contribution is -2.15. The van der Waals surface area contributed by atoms with Gasteiger partial charge in [-0.05, 0) is 38.5 Å². The third-order valence-electron chi connectivity index (χ3n) is 5.18. The van der Waals surface area contributed by atoms with Gasteiger partial charge < -0.3 is 18.8 Å². The number of esters is 1. The van der Waals surface area contributed by atoms with Gasteiger partial charge in [0, 0.05) is 60.0 Å². The third kappa shape index (κ3) is 4.87. The molecule has 0 saturated carbocycles. The first-order valence-electron chi connectivity index (χ1n) is 9.93. The molecule has 31 heavy (non-hydrogen) atoms. The minimum Gasteiger partial charge on any atom is -0.453 e. The monoisotopic (exact) mass is 447 g/mol. The van der Waals surface area contributed by atoms with E-state index < -0.39 is 11.8 Å². The smallest absolute Gasteiger partial charge is 0.349 e. The fraction of sp³-hybridized carbons (Fsp3) is 0.391. The average molecular weight is 448 g/mol. The summed E-state index contributed by atoms with van der Waals surface area (Å²) in [4.78, 5) is 25.7. The number of rotatable bonds is 10. The Morgan fingerprint density at radius 2 is 1.94 bits per heavy atom. The van der Waals surface area contributed by atoms with E-state index in [-0.39, 0.29) is 23.9 Å². The van der Waals surface area contributed by atoms with Crippen LogP contribution in [0.5, 0.6) is 0 Å². The van der Waals surface area contributed by atoms with Crippen molar-refractivity contribution in [2.75, 3.05) is 27.4 Å². The highest BCUT2D eigenvalue weighted by Gasteiger charge is 2.23. The summed E-state index contributed by atoms with van der Waals surface area (Å²) in [5, 5.41) is 0.354. The number of hydrogen-bond acceptors (Lipinski definition) is 6. The molecule has 0 spiro atoms. The Morgan fingerprint density at radius 3 is 2.65 bits per heavy atom. The first-order valence-corrected chi connectivity index (χ1v) is 10.8. The van der Waals surface area contributed by atoms with Crippen LogP contribution in [-0.4, -0.2) is 43.8 Å². The standard InChI is InChI=1S/C23H26FNO5S/c1-14-11-16(15(2)25(14)9-6-10-28-3)19(26)13-30-23(27)22-17(12-29-4)21-18(24)7-5-8-20(21)31-22/h5,7-8,11H,6,9-10,12-13H2,1-4H3. The van der Waals surface area contributed by atoms with Gasteiger partial charge >= 0.3 is 5.97 Å². The number of nitrogens with zero attached hydrogens (tertiary/aromatic N) is 1. The molecule has 3 rings (SSSR count). The molecule has 0 fully saturated rings. The topological polar surface area (TPSA) is 66.8 Å². The average Bonchev–Trinajstić information content (AvgIpc) is 3.25. The van der Waals surface area contributed by atoms with Crippen LogP contribution in [0.3, 0.4) is 0 Å². The number of carbonyl (C=O) groups excluding carboxylic acids is 2. The number of thiophene rings is 1. The van der Waals surface area contributed by atoms with Crippen LogP contribution >= 0.6 is 11.3 Å². The van der Waals surface area contributed by atoms with Gasteiger partial charge in [0.25, 0.3) is 0 Å². The van der Waals surface area contributed by atoms with Crippen molar-refractivity contribution in [1.29, 1.82) is 0 Å². The van der Waals surface area contributed by atoms with Crippen molar-refractivity contribution in [3.05, 3.63) is 57.5 Å². The van der Waals surface area contributed by atoms with Crippen molar-refractivity contribution in [2.24, 2.45) is 0 Å². The van der Waals surface area contributed by atoms with E-state index in [1.54, 1.807) is 19.2 Å². The van der Waals surface area contributed by atoms with Crippen molar-refractivity contribution in [3.63, 3.8) is 0 Å². The zero-order valence-electron chi connectivity index (χ0n) is 18.1. The first kappa shape index (κ1) is 23.1. The number of carbonyl (C=O) groups is 2. The summed E-state index contributed by atoms with van der Waals surface area (Å²) in [6, 6.07) is 6.48. The van der Waals surface area contributed by atoms with E-state index in [0.717, 1.165) is 35.7 Å². The zero-order chi connectivity index (χ0) is 22.5. The summed E-state index contributed by atoms with van der Waals surface area (Å²) in [7, 11) is 3.13. The maximum atomic E-state index is 14.3. The molecule has 6 nitrogen and oxygen atoms in total. The summed E-state index contributed by atoms with van der Waals surface area (Å²) in [6.45, 7) is 4.88. The molecule has 0 radical (unpaired) electrons. The van der Waals surface area contributed by atoms with Gasteiger partial charge in [-0.1, -0.05) is 6.07 Å². The molecule has 0 aliphatic heterocycles. The fourth-order valence-corrected chi connectivity index (χ4v) is 4.80. The number of methoxy groups -OCH3 is 2. The largest absolute Gasteiger partial charge is 0.453 e. The third-order valence-corrected chi connectivity index (χ3v) is 6.35. The van der Waals surface area contributed by atoms with Crippen molar-refractivity contribution in [1.82, 2.24) is 4.57 Å². The van der Waals surface area contributed by atoms with Crippen LogP contribution in [0.2, 0.25) is 0 Å². The van der Waals surface area contributed by atoms with E-state index in [1.165, 1.54) is 13.2 Å². The van der Waals surface area contributed by atoms with Gasteiger partial charge in [0.15, 0.2) is 6.61 Å². The summed E-state index contributed by atoms with van der Waals surface area (Å²) < 4.78 is 32.6. The minimum atomic E-state index is -0.657. The minimum absolute atomic E-state index is 0.0714. The molecule has 0 saturated heterocycles.